The summed E-state index contributed by atoms with van der Waals surface area (Å²) in [7, 11) is 1.97. The third-order valence-corrected chi connectivity index (χ3v) is 4.64. The van der Waals surface area contributed by atoms with Crippen LogP contribution in [0.25, 0.3) is 0 Å². The van der Waals surface area contributed by atoms with Crippen LogP contribution in [0.1, 0.15) is 39.5 Å². The monoisotopic (exact) mass is 294 g/mol. The molecule has 1 amide bonds. The molecule has 5 heteroatoms. The lowest BCUT2D eigenvalue weighted by molar-refractivity contribution is -0.131. The van der Waals surface area contributed by atoms with Gasteiger partial charge >= 0.3 is 0 Å². The second kappa shape index (κ2) is 9.93. The van der Waals surface area contributed by atoms with Crippen molar-refractivity contribution in [3.63, 3.8) is 0 Å². The zero-order valence-electron chi connectivity index (χ0n) is 11.8. The van der Waals surface area contributed by atoms with Crippen molar-refractivity contribution in [3.8, 4) is 0 Å². The molecule has 0 aromatic rings. The molecule has 0 aromatic carbocycles. The Balaban J connectivity index is 0.00000289. The highest BCUT2D eigenvalue weighted by Crippen LogP contribution is 2.18. The molecule has 0 spiro atoms. The van der Waals surface area contributed by atoms with Gasteiger partial charge in [-0.05, 0) is 45.0 Å². The number of carbonyl (C=O) groups excluding carboxylic acids is 1. The van der Waals surface area contributed by atoms with E-state index in [2.05, 4.69) is 12.2 Å². The van der Waals surface area contributed by atoms with E-state index in [1.165, 1.54) is 12.8 Å². The van der Waals surface area contributed by atoms with Gasteiger partial charge in [-0.1, -0.05) is 13.3 Å². The number of rotatable bonds is 6. The number of thioether (sulfide) groups is 1. The van der Waals surface area contributed by atoms with Gasteiger partial charge in [-0.3, -0.25) is 4.79 Å². The maximum absolute atomic E-state index is 12.2. The van der Waals surface area contributed by atoms with Gasteiger partial charge in [0.05, 0.1) is 5.25 Å². The predicted molar refractivity (Wildman–Crippen MR) is 82.7 cm³/mol. The van der Waals surface area contributed by atoms with Crippen molar-refractivity contribution in [2.75, 3.05) is 25.9 Å². The second-order valence-corrected chi connectivity index (χ2v) is 6.25. The van der Waals surface area contributed by atoms with Crippen molar-refractivity contribution in [2.24, 2.45) is 0 Å². The van der Waals surface area contributed by atoms with Gasteiger partial charge in [-0.2, -0.15) is 0 Å². The van der Waals surface area contributed by atoms with E-state index in [0.29, 0.717) is 11.9 Å². The fourth-order valence-corrected chi connectivity index (χ4v) is 3.25. The Labute approximate surface area is 122 Å². The van der Waals surface area contributed by atoms with Crippen molar-refractivity contribution in [3.05, 3.63) is 0 Å². The molecule has 1 heterocycles. The maximum atomic E-state index is 12.2. The Hall–Kier alpha value is 0.0700. The first kappa shape index (κ1) is 18.1. The summed E-state index contributed by atoms with van der Waals surface area (Å²) in [5.41, 5.74) is 0. The fourth-order valence-electron chi connectivity index (χ4n) is 2.14. The van der Waals surface area contributed by atoms with Gasteiger partial charge in [-0.15, -0.1) is 24.2 Å². The highest BCUT2D eigenvalue weighted by molar-refractivity contribution is 8.00. The lowest BCUT2D eigenvalue weighted by Gasteiger charge is -2.33. The lowest BCUT2D eigenvalue weighted by atomic mass is 10.1. The Morgan fingerprint density at radius 3 is 2.61 bits per heavy atom. The molecular formula is C13H27ClN2OS. The summed E-state index contributed by atoms with van der Waals surface area (Å²) in [6, 6.07) is 0.443. The van der Waals surface area contributed by atoms with Crippen LogP contribution >= 0.6 is 24.2 Å². The smallest absolute Gasteiger partial charge is 0.235 e. The molecule has 0 aliphatic carbocycles. The molecule has 0 radical (unpaired) electrons. The van der Waals surface area contributed by atoms with E-state index < -0.39 is 0 Å². The summed E-state index contributed by atoms with van der Waals surface area (Å²) in [6.45, 7) is 6.31. The molecule has 1 aliphatic heterocycles. The summed E-state index contributed by atoms with van der Waals surface area (Å²) in [5, 5.41) is 3.45. The van der Waals surface area contributed by atoms with E-state index in [9.17, 15) is 4.79 Å². The van der Waals surface area contributed by atoms with Crippen LogP contribution in [-0.4, -0.2) is 48.0 Å². The van der Waals surface area contributed by atoms with Gasteiger partial charge in [0.2, 0.25) is 5.91 Å². The number of nitrogens with zero attached hydrogens (tertiary/aromatic N) is 1. The average molecular weight is 295 g/mol. The zero-order valence-corrected chi connectivity index (χ0v) is 13.4. The summed E-state index contributed by atoms with van der Waals surface area (Å²) >= 11 is 1.79. The molecule has 0 aromatic heterocycles. The number of amides is 1. The summed E-state index contributed by atoms with van der Waals surface area (Å²) < 4.78 is 0. The minimum atomic E-state index is 0. The van der Waals surface area contributed by atoms with Crippen molar-refractivity contribution in [2.45, 2.75) is 50.8 Å². The first-order valence-electron chi connectivity index (χ1n) is 6.75. The normalized spacial score (nSPS) is 17.9. The van der Waals surface area contributed by atoms with Crippen molar-refractivity contribution < 1.29 is 4.79 Å². The van der Waals surface area contributed by atoms with Crippen LogP contribution < -0.4 is 5.32 Å². The van der Waals surface area contributed by atoms with E-state index in [0.717, 1.165) is 31.7 Å². The Morgan fingerprint density at radius 2 is 2.06 bits per heavy atom. The van der Waals surface area contributed by atoms with Gasteiger partial charge in [0.25, 0.3) is 0 Å². The van der Waals surface area contributed by atoms with Crippen LogP contribution in [0, 0.1) is 0 Å². The number of piperidine rings is 1. The van der Waals surface area contributed by atoms with E-state index >= 15 is 0 Å². The molecule has 108 valence electrons. The molecule has 1 fully saturated rings. The van der Waals surface area contributed by atoms with E-state index in [4.69, 9.17) is 0 Å². The van der Waals surface area contributed by atoms with Crippen LogP contribution in [0.4, 0.5) is 0 Å². The number of unbranched alkanes of at least 4 members (excludes halogenated alkanes) is 1. The number of halogens is 1. The molecule has 0 saturated carbocycles. The molecule has 3 nitrogen and oxygen atoms in total. The highest BCUT2D eigenvalue weighted by Gasteiger charge is 2.25. The standard InChI is InChI=1S/C13H26N2OS.ClH/c1-4-5-10-17-11(2)13(16)15(3)12-6-8-14-9-7-12;/h11-12,14H,4-10H2,1-3H3;1H. The third-order valence-electron chi connectivity index (χ3n) is 3.42. The molecule has 1 rings (SSSR count). The fraction of sp³-hybridized carbons (Fsp3) is 0.923. The molecular weight excluding hydrogens is 268 g/mol. The van der Waals surface area contributed by atoms with Gasteiger partial charge in [0, 0.05) is 13.1 Å². The minimum Gasteiger partial charge on any atom is -0.342 e. The maximum Gasteiger partial charge on any atom is 0.235 e. The number of hydrogen-bond acceptors (Lipinski definition) is 3. The number of hydrogen-bond donors (Lipinski definition) is 1. The molecule has 1 saturated heterocycles. The highest BCUT2D eigenvalue weighted by atomic mass is 35.5. The molecule has 1 atom stereocenters. The predicted octanol–water partition coefficient (Wildman–Crippen LogP) is 2.54. The Kier molecular flexibility index (Phi) is 9.97. The summed E-state index contributed by atoms with van der Waals surface area (Å²) in [5.74, 6) is 1.40. The van der Waals surface area contributed by atoms with Crippen LogP contribution in [-0.2, 0) is 4.79 Å². The van der Waals surface area contributed by atoms with Crippen LogP contribution in [0.5, 0.6) is 0 Å². The van der Waals surface area contributed by atoms with Crippen LogP contribution in [0.3, 0.4) is 0 Å². The van der Waals surface area contributed by atoms with Crippen LogP contribution in [0.2, 0.25) is 0 Å². The molecule has 0 bridgehead atoms. The lowest BCUT2D eigenvalue weighted by Crippen LogP contribution is -2.46. The van der Waals surface area contributed by atoms with Crippen molar-refractivity contribution in [1.29, 1.82) is 0 Å². The van der Waals surface area contributed by atoms with Gasteiger partial charge in [0.15, 0.2) is 0 Å². The topological polar surface area (TPSA) is 32.3 Å². The minimum absolute atomic E-state index is 0. The number of carbonyl (C=O) groups is 1. The first-order valence-corrected chi connectivity index (χ1v) is 7.80. The third kappa shape index (κ3) is 5.81. The van der Waals surface area contributed by atoms with Crippen LogP contribution in [0.15, 0.2) is 0 Å². The van der Waals surface area contributed by atoms with Crippen molar-refractivity contribution in [1.82, 2.24) is 10.2 Å². The van der Waals surface area contributed by atoms with Gasteiger partial charge in [-0.25, -0.2) is 0 Å². The molecule has 1 N–H and O–H groups in total. The molecule has 1 unspecified atom stereocenters. The SMILES string of the molecule is CCCCSC(C)C(=O)N(C)C1CCNCC1.Cl. The summed E-state index contributed by atoms with van der Waals surface area (Å²) in [4.78, 5) is 14.2. The van der Waals surface area contributed by atoms with Gasteiger partial charge < -0.3 is 10.2 Å². The average Bonchev–Trinajstić information content (AvgIpc) is 2.38. The Morgan fingerprint density at radius 1 is 1.44 bits per heavy atom. The molecule has 1 aliphatic rings. The quantitative estimate of drug-likeness (QED) is 0.764. The second-order valence-electron chi connectivity index (χ2n) is 4.80. The Bertz CT molecular complexity index is 235. The zero-order chi connectivity index (χ0) is 12.7. The summed E-state index contributed by atoms with van der Waals surface area (Å²) in [6.07, 6.45) is 4.60. The van der Waals surface area contributed by atoms with E-state index in [-0.39, 0.29) is 17.7 Å². The first-order chi connectivity index (χ1) is 8.16. The van der Waals surface area contributed by atoms with Gasteiger partial charge in [0.1, 0.15) is 0 Å². The number of nitrogens with one attached hydrogen (secondary N) is 1. The van der Waals surface area contributed by atoms with E-state index in [1.54, 1.807) is 11.8 Å². The van der Waals surface area contributed by atoms with Crippen molar-refractivity contribution >= 4 is 30.1 Å². The largest absolute Gasteiger partial charge is 0.342 e. The van der Waals surface area contributed by atoms with E-state index in [1.807, 2.05) is 18.9 Å². The molecule has 18 heavy (non-hydrogen) atoms.